The third kappa shape index (κ3) is 3.96. The number of hydrogen-bond donors (Lipinski definition) is 2. The van der Waals surface area contributed by atoms with Gasteiger partial charge in [-0.1, -0.05) is 22.4 Å². The number of hydrogen-bond acceptors (Lipinski definition) is 3. The van der Waals surface area contributed by atoms with Crippen LogP contribution in [0.15, 0.2) is 22.7 Å². The molecule has 0 amide bonds. The second-order valence-corrected chi connectivity index (χ2v) is 7.64. The van der Waals surface area contributed by atoms with Crippen LogP contribution in [0.3, 0.4) is 0 Å². The van der Waals surface area contributed by atoms with E-state index in [4.69, 9.17) is 5.11 Å². The lowest BCUT2D eigenvalue weighted by Gasteiger charge is -2.32. The van der Waals surface area contributed by atoms with Gasteiger partial charge in [-0.2, -0.15) is 12.7 Å². The maximum Gasteiger partial charge on any atom is 0.335 e. The molecule has 116 valence electrons. The molecule has 21 heavy (non-hydrogen) atoms. The van der Waals surface area contributed by atoms with Gasteiger partial charge in [0, 0.05) is 17.1 Å². The Hall–Kier alpha value is -1.12. The van der Waals surface area contributed by atoms with Gasteiger partial charge in [-0.3, -0.25) is 4.72 Å². The van der Waals surface area contributed by atoms with Crippen LogP contribution in [0.4, 0.5) is 5.69 Å². The largest absolute Gasteiger partial charge is 0.478 e. The second-order valence-electron chi connectivity index (χ2n) is 5.10. The third-order valence-corrected chi connectivity index (χ3v) is 5.55. The molecule has 8 heteroatoms. The molecule has 1 unspecified atom stereocenters. The fourth-order valence-corrected chi connectivity index (χ4v) is 4.38. The van der Waals surface area contributed by atoms with Crippen molar-refractivity contribution in [3.8, 4) is 0 Å². The molecule has 1 atom stereocenters. The van der Waals surface area contributed by atoms with Crippen molar-refractivity contribution in [2.24, 2.45) is 0 Å². The Morgan fingerprint density at radius 3 is 2.71 bits per heavy atom. The molecule has 1 aliphatic heterocycles. The van der Waals surface area contributed by atoms with Crippen molar-refractivity contribution in [1.29, 1.82) is 0 Å². The van der Waals surface area contributed by atoms with Gasteiger partial charge >= 0.3 is 16.2 Å². The summed E-state index contributed by atoms with van der Waals surface area (Å²) in [5, 5.41) is 9.01. The highest BCUT2D eigenvalue weighted by atomic mass is 79.9. The summed E-state index contributed by atoms with van der Waals surface area (Å²) in [6.45, 7) is 2.36. The average molecular weight is 377 g/mol. The van der Waals surface area contributed by atoms with E-state index in [-0.39, 0.29) is 17.3 Å². The lowest BCUT2D eigenvalue weighted by Crippen LogP contribution is -2.44. The first-order valence-corrected chi connectivity index (χ1v) is 8.86. The molecule has 2 N–H and O–H groups in total. The molecule has 1 saturated heterocycles. The Labute approximate surface area is 132 Å². The van der Waals surface area contributed by atoms with Crippen molar-refractivity contribution in [2.75, 3.05) is 11.3 Å². The van der Waals surface area contributed by atoms with Crippen molar-refractivity contribution in [3.05, 3.63) is 28.2 Å². The van der Waals surface area contributed by atoms with E-state index in [1.165, 1.54) is 16.4 Å². The normalized spacial score (nSPS) is 20.2. The Morgan fingerprint density at radius 2 is 2.10 bits per heavy atom. The molecule has 0 spiro atoms. The van der Waals surface area contributed by atoms with E-state index in [9.17, 15) is 13.2 Å². The van der Waals surface area contributed by atoms with Gasteiger partial charge in [0.1, 0.15) is 0 Å². The van der Waals surface area contributed by atoms with Crippen molar-refractivity contribution < 1.29 is 18.3 Å². The third-order valence-electron chi connectivity index (χ3n) is 3.44. The number of anilines is 1. The summed E-state index contributed by atoms with van der Waals surface area (Å²) < 4.78 is 29.2. The monoisotopic (exact) mass is 376 g/mol. The number of carboxylic acids is 1. The van der Waals surface area contributed by atoms with Gasteiger partial charge in [0.15, 0.2) is 0 Å². The van der Waals surface area contributed by atoms with Crippen LogP contribution in [0.2, 0.25) is 0 Å². The van der Waals surface area contributed by atoms with Crippen LogP contribution in [0.25, 0.3) is 0 Å². The van der Waals surface area contributed by atoms with Crippen molar-refractivity contribution >= 4 is 37.8 Å². The molecule has 6 nitrogen and oxygen atoms in total. The molecular weight excluding hydrogens is 360 g/mol. The summed E-state index contributed by atoms with van der Waals surface area (Å²) in [7, 11) is -3.68. The number of carboxylic acid groups (broad SMARTS) is 1. The number of carbonyl (C=O) groups is 1. The van der Waals surface area contributed by atoms with Crippen molar-refractivity contribution in [2.45, 2.75) is 32.2 Å². The highest BCUT2D eigenvalue weighted by Gasteiger charge is 2.29. The van der Waals surface area contributed by atoms with Gasteiger partial charge in [-0.05, 0) is 38.0 Å². The van der Waals surface area contributed by atoms with E-state index in [0.29, 0.717) is 11.0 Å². The molecule has 0 radical (unpaired) electrons. The minimum atomic E-state index is -3.68. The summed E-state index contributed by atoms with van der Waals surface area (Å²) in [5.74, 6) is -1.11. The Morgan fingerprint density at radius 1 is 1.38 bits per heavy atom. The van der Waals surface area contributed by atoms with Gasteiger partial charge < -0.3 is 5.11 Å². The van der Waals surface area contributed by atoms with Gasteiger partial charge in [-0.15, -0.1) is 0 Å². The lowest BCUT2D eigenvalue weighted by atomic mass is 10.1. The molecule has 0 saturated carbocycles. The maximum absolute atomic E-state index is 12.4. The van der Waals surface area contributed by atoms with Gasteiger partial charge in [-0.25, -0.2) is 4.79 Å². The fraction of sp³-hybridized carbons (Fsp3) is 0.462. The molecule has 1 aromatic carbocycles. The first kappa shape index (κ1) is 16.3. The number of nitrogens with one attached hydrogen (secondary N) is 1. The Kier molecular flexibility index (Phi) is 4.90. The quantitative estimate of drug-likeness (QED) is 0.845. The Bertz CT molecular complexity index is 648. The molecule has 0 bridgehead atoms. The molecule has 1 aromatic rings. The van der Waals surface area contributed by atoms with E-state index >= 15 is 0 Å². The summed E-state index contributed by atoms with van der Waals surface area (Å²) in [4.78, 5) is 11.0. The van der Waals surface area contributed by atoms with Crippen LogP contribution in [-0.2, 0) is 10.2 Å². The van der Waals surface area contributed by atoms with Crippen LogP contribution in [0.5, 0.6) is 0 Å². The Balaban J connectivity index is 2.26. The first-order chi connectivity index (χ1) is 9.79. The first-order valence-electron chi connectivity index (χ1n) is 6.63. The van der Waals surface area contributed by atoms with E-state index in [2.05, 4.69) is 20.7 Å². The second kappa shape index (κ2) is 6.33. The van der Waals surface area contributed by atoms with Gasteiger partial charge in [0.2, 0.25) is 0 Å². The van der Waals surface area contributed by atoms with E-state index in [1.54, 1.807) is 6.07 Å². The number of aromatic carboxylic acids is 1. The van der Waals surface area contributed by atoms with Crippen molar-refractivity contribution in [1.82, 2.24) is 4.31 Å². The summed E-state index contributed by atoms with van der Waals surface area (Å²) in [5.41, 5.74) is 0.258. The summed E-state index contributed by atoms with van der Waals surface area (Å²) in [6, 6.07) is 4.21. The average Bonchev–Trinajstić information content (AvgIpc) is 2.37. The smallest absolute Gasteiger partial charge is 0.335 e. The van der Waals surface area contributed by atoms with E-state index in [1.807, 2.05) is 6.92 Å². The van der Waals surface area contributed by atoms with E-state index < -0.39 is 16.2 Å². The molecule has 1 fully saturated rings. The number of piperidine rings is 1. The molecule has 0 aliphatic carbocycles. The maximum atomic E-state index is 12.4. The highest BCUT2D eigenvalue weighted by molar-refractivity contribution is 9.10. The van der Waals surface area contributed by atoms with E-state index in [0.717, 1.165) is 19.3 Å². The van der Waals surface area contributed by atoms with Crippen molar-refractivity contribution in [3.63, 3.8) is 0 Å². The topological polar surface area (TPSA) is 86.7 Å². The number of nitrogens with zero attached hydrogens (tertiary/aromatic N) is 1. The number of rotatable bonds is 4. The predicted octanol–water partition coefficient (Wildman–Crippen LogP) is 2.68. The minimum Gasteiger partial charge on any atom is -0.478 e. The number of halogens is 1. The SMILES string of the molecule is CC1CCCCN1S(=O)(=O)Nc1cc(Br)cc(C(=O)O)c1. The molecular formula is C13H17BrN2O4S. The highest BCUT2D eigenvalue weighted by Crippen LogP contribution is 2.24. The molecule has 2 rings (SSSR count). The number of benzene rings is 1. The molecule has 1 heterocycles. The minimum absolute atomic E-state index is 0.0220. The van der Waals surface area contributed by atoms with Crippen LogP contribution in [0, 0.1) is 0 Å². The molecule has 1 aliphatic rings. The fourth-order valence-electron chi connectivity index (χ4n) is 2.41. The van der Waals surface area contributed by atoms with Crippen LogP contribution in [0.1, 0.15) is 36.5 Å². The zero-order valence-corrected chi connectivity index (χ0v) is 13.9. The summed E-state index contributed by atoms with van der Waals surface area (Å²) >= 11 is 3.18. The van der Waals surface area contributed by atoms with Crippen LogP contribution in [-0.4, -0.2) is 36.4 Å². The van der Waals surface area contributed by atoms with Gasteiger partial charge in [0.05, 0.1) is 11.3 Å². The molecule has 0 aromatic heterocycles. The van der Waals surface area contributed by atoms with Crippen LogP contribution < -0.4 is 4.72 Å². The lowest BCUT2D eigenvalue weighted by molar-refractivity contribution is 0.0697. The summed E-state index contributed by atoms with van der Waals surface area (Å²) in [6.07, 6.45) is 2.69. The zero-order chi connectivity index (χ0) is 15.6. The standard InChI is InChI=1S/C13H17BrN2O4S/c1-9-4-2-3-5-16(9)21(19,20)15-12-7-10(13(17)18)6-11(14)8-12/h6-9,15H,2-5H2,1H3,(H,17,18). The zero-order valence-electron chi connectivity index (χ0n) is 11.5. The van der Waals surface area contributed by atoms with Crippen LogP contribution >= 0.6 is 15.9 Å². The van der Waals surface area contributed by atoms with Gasteiger partial charge in [0.25, 0.3) is 0 Å². The predicted molar refractivity (Wildman–Crippen MR) is 83.7 cm³/mol.